The molecule has 10 aromatic rings. The van der Waals surface area contributed by atoms with Gasteiger partial charge in [-0.3, -0.25) is 0 Å². The molecule has 0 aliphatic heterocycles. The maximum Gasteiger partial charge on any atom is 0.0991 e. The number of hydrogen-bond donors (Lipinski definition) is 0. The fourth-order valence-electron chi connectivity index (χ4n) is 8.20. The van der Waals surface area contributed by atoms with Crippen molar-refractivity contribution in [1.82, 2.24) is 9.13 Å². The summed E-state index contributed by atoms with van der Waals surface area (Å²) in [7, 11) is 0. The van der Waals surface area contributed by atoms with Crippen LogP contribution in [0.25, 0.3) is 88.4 Å². The van der Waals surface area contributed by atoms with Crippen molar-refractivity contribution in [3.8, 4) is 56.9 Å². The molecule has 10 rings (SSSR count). The maximum absolute atomic E-state index is 9.88. The molecule has 0 saturated carbocycles. The topological polar surface area (TPSA) is 57.4 Å². The largest absolute Gasteiger partial charge is 0.309 e. The minimum Gasteiger partial charge on any atom is -0.309 e. The van der Waals surface area contributed by atoms with Crippen molar-refractivity contribution in [2.45, 2.75) is 0 Å². The molecule has 0 amide bonds. The molecule has 54 heavy (non-hydrogen) atoms. The molecule has 0 radical (unpaired) electrons. The minimum absolute atomic E-state index is 0.578. The van der Waals surface area contributed by atoms with Crippen LogP contribution in [-0.4, -0.2) is 9.13 Å². The molecule has 4 nitrogen and oxygen atoms in total. The smallest absolute Gasteiger partial charge is 0.0991 e. The second kappa shape index (κ2) is 12.5. The Kier molecular flexibility index (Phi) is 7.22. The molecular weight excluding hydrogens is 657 g/mol. The Morgan fingerprint density at radius 2 is 0.815 bits per heavy atom. The van der Waals surface area contributed by atoms with Gasteiger partial charge in [0.05, 0.1) is 56.7 Å². The molecule has 0 spiro atoms. The second-order valence-electron chi connectivity index (χ2n) is 13.6. The number of hydrogen-bond acceptors (Lipinski definition) is 2. The van der Waals surface area contributed by atoms with Crippen LogP contribution in [0.5, 0.6) is 0 Å². The second-order valence-corrected chi connectivity index (χ2v) is 13.6. The average Bonchev–Trinajstić information content (AvgIpc) is 3.75. The molecule has 2 heterocycles. The summed E-state index contributed by atoms with van der Waals surface area (Å²) in [6.45, 7) is 0. The van der Waals surface area contributed by atoms with Crippen LogP contribution in [0.2, 0.25) is 0 Å². The lowest BCUT2D eigenvalue weighted by molar-refractivity contribution is 1.17. The van der Waals surface area contributed by atoms with Gasteiger partial charge in [0.2, 0.25) is 0 Å². The number of nitrogens with zero attached hydrogens (tertiary/aromatic N) is 4. The van der Waals surface area contributed by atoms with Crippen molar-refractivity contribution in [2.24, 2.45) is 0 Å². The summed E-state index contributed by atoms with van der Waals surface area (Å²) < 4.78 is 4.72. The van der Waals surface area contributed by atoms with Crippen LogP contribution in [0.1, 0.15) is 11.1 Å². The third kappa shape index (κ3) is 4.83. The molecule has 4 heteroatoms. The molecule has 0 aliphatic rings. The van der Waals surface area contributed by atoms with E-state index in [9.17, 15) is 10.5 Å². The quantitative estimate of drug-likeness (QED) is 0.181. The zero-order valence-corrected chi connectivity index (χ0v) is 29.1. The third-order valence-corrected chi connectivity index (χ3v) is 10.6. The molecule has 0 atom stereocenters. The Balaban J connectivity index is 1.33. The molecule has 250 valence electrons. The summed E-state index contributed by atoms with van der Waals surface area (Å²) in [5, 5.41) is 24.0. The Morgan fingerprint density at radius 1 is 0.333 bits per heavy atom. The normalized spacial score (nSPS) is 11.3. The zero-order chi connectivity index (χ0) is 36.2. The number of fused-ring (bicyclic) bond motifs is 6. The van der Waals surface area contributed by atoms with Gasteiger partial charge in [-0.25, -0.2) is 0 Å². The Labute approximate surface area is 312 Å². The molecule has 0 saturated heterocycles. The standard InChI is InChI=1S/C50H30N4/c51-31-33-22-26-47-43(28-33)44-29-34(32-52)23-27-48(44)53(47)49-30-37(24-25-38(49)35-12-3-1-4-13-35)40-19-11-18-39(36-14-5-2-6-15-36)50(40)54-45-20-9-7-16-41(45)42-17-8-10-21-46(42)54/h1-30H. The number of aromatic nitrogens is 2. The van der Waals surface area contributed by atoms with Crippen molar-refractivity contribution < 1.29 is 0 Å². The highest BCUT2D eigenvalue weighted by Gasteiger charge is 2.22. The van der Waals surface area contributed by atoms with E-state index >= 15 is 0 Å². The average molecular weight is 687 g/mol. The van der Waals surface area contributed by atoms with Crippen molar-refractivity contribution in [2.75, 3.05) is 0 Å². The van der Waals surface area contributed by atoms with Crippen LogP contribution in [0.3, 0.4) is 0 Å². The molecule has 0 bridgehead atoms. The minimum atomic E-state index is 0.578. The molecule has 8 aromatic carbocycles. The van der Waals surface area contributed by atoms with Gasteiger partial charge in [0.25, 0.3) is 0 Å². The molecule has 0 N–H and O–H groups in total. The number of para-hydroxylation sites is 3. The van der Waals surface area contributed by atoms with E-state index in [1.165, 1.54) is 10.8 Å². The summed E-state index contributed by atoms with van der Waals surface area (Å²) in [4.78, 5) is 0. The van der Waals surface area contributed by atoms with E-state index in [-0.39, 0.29) is 0 Å². The van der Waals surface area contributed by atoms with Gasteiger partial charge in [0, 0.05) is 38.2 Å². The van der Waals surface area contributed by atoms with E-state index in [0.717, 1.165) is 77.6 Å². The molecule has 2 aromatic heterocycles. The summed E-state index contributed by atoms with van der Waals surface area (Å²) in [6, 6.07) is 68.1. The summed E-state index contributed by atoms with van der Waals surface area (Å²) in [6.07, 6.45) is 0. The molecule has 0 unspecified atom stereocenters. The molecule has 0 aliphatic carbocycles. The van der Waals surface area contributed by atoms with Gasteiger partial charge >= 0.3 is 0 Å². The lowest BCUT2D eigenvalue weighted by atomic mass is 9.93. The Bertz CT molecular complexity index is 3050. The monoisotopic (exact) mass is 686 g/mol. The first-order valence-electron chi connectivity index (χ1n) is 18.0. The summed E-state index contributed by atoms with van der Waals surface area (Å²) in [5.74, 6) is 0. The first kappa shape index (κ1) is 31.1. The highest BCUT2D eigenvalue weighted by molar-refractivity contribution is 6.12. The molecule has 0 fully saturated rings. The number of benzene rings is 8. The van der Waals surface area contributed by atoms with E-state index in [1.54, 1.807) is 0 Å². The van der Waals surface area contributed by atoms with Crippen molar-refractivity contribution >= 4 is 43.6 Å². The highest BCUT2D eigenvalue weighted by Crippen LogP contribution is 2.44. The summed E-state index contributed by atoms with van der Waals surface area (Å²) in [5.41, 5.74) is 14.1. The van der Waals surface area contributed by atoms with E-state index < -0.39 is 0 Å². The lowest BCUT2D eigenvalue weighted by Crippen LogP contribution is -2.02. The SMILES string of the molecule is N#Cc1ccc2c(c1)c1cc(C#N)ccc1n2-c1cc(-c2cccc(-c3ccccc3)c2-n2c3ccccc3c3ccccc32)ccc1-c1ccccc1. The van der Waals surface area contributed by atoms with Crippen molar-refractivity contribution in [3.05, 3.63) is 193 Å². The third-order valence-electron chi connectivity index (χ3n) is 10.6. The first-order chi connectivity index (χ1) is 26.7. The van der Waals surface area contributed by atoms with E-state index in [2.05, 4.69) is 161 Å². The lowest BCUT2D eigenvalue weighted by Gasteiger charge is -2.21. The van der Waals surface area contributed by atoms with Crippen LogP contribution in [0.4, 0.5) is 0 Å². The van der Waals surface area contributed by atoms with Crippen LogP contribution >= 0.6 is 0 Å². The van der Waals surface area contributed by atoms with E-state index in [0.29, 0.717) is 11.1 Å². The van der Waals surface area contributed by atoms with Gasteiger partial charge in [0.15, 0.2) is 0 Å². The van der Waals surface area contributed by atoms with E-state index in [1.807, 2.05) is 42.5 Å². The fraction of sp³-hybridized carbons (Fsp3) is 0. The number of rotatable bonds is 5. The van der Waals surface area contributed by atoms with Gasteiger partial charge in [-0.05, 0) is 71.3 Å². The van der Waals surface area contributed by atoms with Crippen LogP contribution in [-0.2, 0) is 0 Å². The van der Waals surface area contributed by atoms with Gasteiger partial charge in [-0.15, -0.1) is 0 Å². The van der Waals surface area contributed by atoms with Gasteiger partial charge in [0.1, 0.15) is 0 Å². The zero-order valence-electron chi connectivity index (χ0n) is 29.1. The van der Waals surface area contributed by atoms with Crippen LogP contribution in [0, 0.1) is 22.7 Å². The first-order valence-corrected chi connectivity index (χ1v) is 18.0. The number of nitriles is 2. The predicted octanol–water partition coefficient (Wildman–Crippen LogP) is 12.6. The highest BCUT2D eigenvalue weighted by atomic mass is 15.0. The van der Waals surface area contributed by atoms with Crippen LogP contribution < -0.4 is 0 Å². The fourth-order valence-corrected chi connectivity index (χ4v) is 8.20. The van der Waals surface area contributed by atoms with Crippen LogP contribution in [0.15, 0.2) is 182 Å². The van der Waals surface area contributed by atoms with Gasteiger partial charge in [-0.1, -0.05) is 127 Å². The summed E-state index contributed by atoms with van der Waals surface area (Å²) >= 11 is 0. The van der Waals surface area contributed by atoms with Crippen molar-refractivity contribution in [3.63, 3.8) is 0 Å². The predicted molar refractivity (Wildman–Crippen MR) is 221 cm³/mol. The van der Waals surface area contributed by atoms with Gasteiger partial charge < -0.3 is 9.13 Å². The molecular formula is C50H30N4. The maximum atomic E-state index is 9.88. The van der Waals surface area contributed by atoms with Gasteiger partial charge in [-0.2, -0.15) is 10.5 Å². The Morgan fingerprint density at radius 3 is 1.37 bits per heavy atom. The van der Waals surface area contributed by atoms with Crippen molar-refractivity contribution in [1.29, 1.82) is 10.5 Å². The Hall–Kier alpha value is -7.66. The van der Waals surface area contributed by atoms with E-state index in [4.69, 9.17) is 0 Å².